The number of anilines is 1. The summed E-state index contributed by atoms with van der Waals surface area (Å²) in [6, 6.07) is 7.82. The van der Waals surface area contributed by atoms with Gasteiger partial charge in [-0.15, -0.1) is 0 Å². The van der Waals surface area contributed by atoms with E-state index in [1.165, 1.54) is 0 Å². The first-order valence-electron chi connectivity index (χ1n) is 5.64. The Kier molecular flexibility index (Phi) is 4.69. The Bertz CT molecular complexity index is 409. The third kappa shape index (κ3) is 3.59. The minimum atomic E-state index is 0.0398. The van der Waals surface area contributed by atoms with Gasteiger partial charge in [-0.2, -0.15) is 5.10 Å². The lowest BCUT2D eigenvalue weighted by atomic mass is 9.94. The Morgan fingerprint density at radius 1 is 1.41 bits per heavy atom. The van der Waals surface area contributed by atoms with Gasteiger partial charge in [0.05, 0.1) is 5.71 Å². The van der Waals surface area contributed by atoms with Crippen LogP contribution in [0.5, 0.6) is 0 Å². The molecule has 17 heavy (non-hydrogen) atoms. The van der Waals surface area contributed by atoms with Crippen molar-refractivity contribution in [3.8, 4) is 0 Å². The van der Waals surface area contributed by atoms with Crippen molar-refractivity contribution in [2.75, 3.05) is 12.4 Å². The molecule has 0 radical (unpaired) electrons. The Labute approximate surface area is 102 Å². The van der Waals surface area contributed by atoms with Crippen molar-refractivity contribution in [1.29, 1.82) is 0 Å². The van der Waals surface area contributed by atoms with Gasteiger partial charge in [-0.05, 0) is 24.6 Å². The topological polar surface area (TPSA) is 67.5 Å². The molecular weight excluding hydrogens is 214 g/mol. The van der Waals surface area contributed by atoms with Crippen LogP contribution in [0.15, 0.2) is 29.4 Å². The standard InChI is InChI=1S/C13H19N3O/c1-9(8-10(2)17)13(16-14)11-4-6-12(15-3)7-5-11/h4-7,9,15H,8,14H2,1-3H3/b16-13+. The quantitative estimate of drug-likeness (QED) is 0.464. The molecule has 0 amide bonds. The molecule has 4 nitrogen and oxygen atoms in total. The van der Waals surface area contributed by atoms with E-state index in [9.17, 15) is 4.79 Å². The predicted octanol–water partition coefficient (Wildman–Crippen LogP) is 2.01. The minimum absolute atomic E-state index is 0.0398. The number of ketones is 1. The number of Topliss-reactive ketones (excluding diaryl/α,β-unsaturated/α-hetero) is 1. The van der Waals surface area contributed by atoms with Crippen molar-refractivity contribution >= 4 is 17.2 Å². The third-order valence-electron chi connectivity index (χ3n) is 2.67. The normalized spacial score (nSPS) is 13.2. The van der Waals surface area contributed by atoms with Crippen LogP contribution in [0.3, 0.4) is 0 Å². The number of rotatable bonds is 5. The van der Waals surface area contributed by atoms with Crippen LogP contribution in [0.25, 0.3) is 0 Å². The molecule has 0 saturated heterocycles. The first kappa shape index (κ1) is 13.2. The van der Waals surface area contributed by atoms with Crippen molar-refractivity contribution in [2.45, 2.75) is 20.3 Å². The summed E-state index contributed by atoms with van der Waals surface area (Å²) in [5.74, 6) is 5.60. The molecule has 1 aromatic rings. The van der Waals surface area contributed by atoms with Crippen LogP contribution in [0.1, 0.15) is 25.8 Å². The lowest BCUT2D eigenvalue weighted by molar-refractivity contribution is -0.117. The Morgan fingerprint density at radius 3 is 2.41 bits per heavy atom. The number of hydrazone groups is 1. The summed E-state index contributed by atoms with van der Waals surface area (Å²) < 4.78 is 0. The SMILES string of the molecule is CNc1ccc(/C(=N/N)C(C)CC(C)=O)cc1. The Balaban J connectivity index is 2.90. The molecule has 0 aliphatic heterocycles. The average Bonchev–Trinajstić information content (AvgIpc) is 2.30. The molecule has 0 aromatic heterocycles. The Hall–Kier alpha value is -1.84. The molecule has 1 atom stereocenters. The summed E-state index contributed by atoms with van der Waals surface area (Å²) in [5.41, 5.74) is 2.76. The number of nitrogens with one attached hydrogen (secondary N) is 1. The molecule has 1 unspecified atom stereocenters. The monoisotopic (exact) mass is 233 g/mol. The Morgan fingerprint density at radius 2 is 2.00 bits per heavy atom. The van der Waals surface area contributed by atoms with Gasteiger partial charge in [0.15, 0.2) is 0 Å². The van der Waals surface area contributed by atoms with Crippen LogP contribution >= 0.6 is 0 Å². The first-order valence-corrected chi connectivity index (χ1v) is 5.64. The highest BCUT2D eigenvalue weighted by Crippen LogP contribution is 2.16. The highest BCUT2D eigenvalue weighted by atomic mass is 16.1. The van der Waals surface area contributed by atoms with Crippen LogP contribution in [0, 0.1) is 5.92 Å². The summed E-state index contributed by atoms with van der Waals surface area (Å²) in [4.78, 5) is 11.1. The van der Waals surface area contributed by atoms with Crippen molar-refractivity contribution in [3.05, 3.63) is 29.8 Å². The molecule has 0 saturated carbocycles. The predicted molar refractivity (Wildman–Crippen MR) is 71.2 cm³/mol. The average molecular weight is 233 g/mol. The smallest absolute Gasteiger partial charge is 0.130 e. The first-order chi connectivity index (χ1) is 8.08. The zero-order valence-corrected chi connectivity index (χ0v) is 10.5. The number of benzene rings is 1. The van der Waals surface area contributed by atoms with Crippen LogP contribution < -0.4 is 11.2 Å². The van der Waals surface area contributed by atoms with Crippen LogP contribution in [-0.2, 0) is 4.79 Å². The van der Waals surface area contributed by atoms with Gasteiger partial charge in [-0.25, -0.2) is 0 Å². The third-order valence-corrected chi connectivity index (χ3v) is 2.67. The van der Waals surface area contributed by atoms with E-state index in [-0.39, 0.29) is 11.7 Å². The molecule has 4 heteroatoms. The fourth-order valence-electron chi connectivity index (χ4n) is 1.82. The maximum absolute atomic E-state index is 11.1. The molecule has 0 heterocycles. The summed E-state index contributed by atoms with van der Waals surface area (Å²) in [6.45, 7) is 3.54. The van der Waals surface area contributed by atoms with Gasteiger partial charge < -0.3 is 16.0 Å². The highest BCUT2D eigenvalue weighted by Gasteiger charge is 2.14. The summed E-state index contributed by atoms with van der Waals surface area (Å²) in [6.07, 6.45) is 0.462. The number of hydrogen-bond acceptors (Lipinski definition) is 4. The number of carbonyl (C=O) groups is 1. The van der Waals surface area contributed by atoms with Crippen LogP contribution in [0.4, 0.5) is 5.69 Å². The van der Waals surface area contributed by atoms with Gasteiger partial charge in [0.25, 0.3) is 0 Å². The van der Waals surface area contributed by atoms with Crippen molar-refractivity contribution in [1.82, 2.24) is 0 Å². The molecule has 92 valence electrons. The van der Waals surface area contributed by atoms with Gasteiger partial charge >= 0.3 is 0 Å². The van der Waals surface area contributed by atoms with E-state index in [4.69, 9.17) is 5.84 Å². The van der Waals surface area contributed by atoms with Crippen molar-refractivity contribution in [3.63, 3.8) is 0 Å². The van der Waals surface area contributed by atoms with Gasteiger partial charge in [0.2, 0.25) is 0 Å². The van der Waals surface area contributed by atoms with E-state index >= 15 is 0 Å². The van der Waals surface area contributed by atoms with E-state index < -0.39 is 0 Å². The number of carbonyl (C=O) groups excluding carboxylic acids is 1. The maximum Gasteiger partial charge on any atom is 0.130 e. The highest BCUT2D eigenvalue weighted by molar-refractivity contribution is 6.03. The second-order valence-electron chi connectivity index (χ2n) is 4.15. The van der Waals surface area contributed by atoms with E-state index in [0.29, 0.717) is 6.42 Å². The second kappa shape index (κ2) is 6.03. The summed E-state index contributed by atoms with van der Waals surface area (Å²) >= 11 is 0. The van der Waals surface area contributed by atoms with Crippen LogP contribution in [-0.4, -0.2) is 18.5 Å². The number of nitrogens with zero attached hydrogens (tertiary/aromatic N) is 1. The fourth-order valence-corrected chi connectivity index (χ4v) is 1.82. The zero-order chi connectivity index (χ0) is 12.8. The maximum atomic E-state index is 11.1. The van der Waals surface area contributed by atoms with E-state index in [1.54, 1.807) is 6.92 Å². The van der Waals surface area contributed by atoms with Gasteiger partial charge in [0, 0.05) is 25.1 Å². The van der Waals surface area contributed by atoms with Gasteiger partial charge in [-0.3, -0.25) is 0 Å². The summed E-state index contributed by atoms with van der Waals surface area (Å²) in [5, 5.41) is 6.86. The molecule has 0 bridgehead atoms. The second-order valence-corrected chi connectivity index (χ2v) is 4.15. The molecule has 1 aromatic carbocycles. The lowest BCUT2D eigenvalue weighted by Gasteiger charge is -2.13. The largest absolute Gasteiger partial charge is 0.388 e. The fraction of sp³-hybridized carbons (Fsp3) is 0.385. The minimum Gasteiger partial charge on any atom is -0.388 e. The van der Waals surface area contributed by atoms with Crippen molar-refractivity contribution in [2.24, 2.45) is 16.9 Å². The molecule has 0 spiro atoms. The summed E-state index contributed by atoms with van der Waals surface area (Å²) in [7, 11) is 1.87. The van der Waals surface area contributed by atoms with E-state index in [1.807, 2.05) is 38.2 Å². The van der Waals surface area contributed by atoms with E-state index in [0.717, 1.165) is 17.0 Å². The molecule has 0 aliphatic carbocycles. The van der Waals surface area contributed by atoms with Gasteiger partial charge in [-0.1, -0.05) is 19.1 Å². The van der Waals surface area contributed by atoms with E-state index in [2.05, 4.69) is 10.4 Å². The van der Waals surface area contributed by atoms with Crippen molar-refractivity contribution < 1.29 is 4.79 Å². The molecule has 0 aliphatic rings. The lowest BCUT2D eigenvalue weighted by Crippen LogP contribution is -2.17. The number of hydrogen-bond donors (Lipinski definition) is 2. The molecule has 1 rings (SSSR count). The zero-order valence-electron chi connectivity index (χ0n) is 10.5. The number of nitrogens with two attached hydrogens (primary N) is 1. The molecule has 0 fully saturated rings. The van der Waals surface area contributed by atoms with Crippen LogP contribution in [0.2, 0.25) is 0 Å². The van der Waals surface area contributed by atoms with Gasteiger partial charge in [0.1, 0.15) is 5.78 Å². The molecule has 3 N–H and O–H groups in total. The molecular formula is C13H19N3O.